The highest BCUT2D eigenvalue weighted by Gasteiger charge is 2.28. The lowest BCUT2D eigenvalue weighted by molar-refractivity contribution is 0.860. The van der Waals surface area contributed by atoms with E-state index in [0.29, 0.717) is 12.5 Å². The first kappa shape index (κ1) is 11.2. The van der Waals surface area contributed by atoms with Gasteiger partial charge in [0.2, 0.25) is 0 Å². The van der Waals surface area contributed by atoms with E-state index < -0.39 is 0 Å². The summed E-state index contributed by atoms with van der Waals surface area (Å²) in [6, 6.07) is 2.16. The Morgan fingerprint density at radius 3 is 3.05 bits per heavy atom. The molecule has 0 aromatic carbocycles. The predicted molar refractivity (Wildman–Crippen MR) is 74.5 cm³/mol. The maximum atomic E-state index is 5.62. The monoisotopic (exact) mass is 257 g/mol. The van der Waals surface area contributed by atoms with Crippen molar-refractivity contribution in [3.63, 3.8) is 0 Å². The molecule has 0 radical (unpaired) electrons. The largest absolute Gasteiger partial charge is 0.368 e. The maximum Gasteiger partial charge on any atom is 0.157 e. The molecule has 2 aliphatic rings. The van der Waals surface area contributed by atoms with Gasteiger partial charge in [0.25, 0.3) is 0 Å². The maximum absolute atomic E-state index is 5.62. The van der Waals surface area contributed by atoms with E-state index in [0.717, 1.165) is 30.9 Å². The van der Waals surface area contributed by atoms with Crippen LogP contribution in [0.2, 0.25) is 0 Å². The summed E-state index contributed by atoms with van der Waals surface area (Å²) in [6.07, 6.45) is 5.93. The highest BCUT2D eigenvalue weighted by Crippen LogP contribution is 2.40. The average molecular weight is 257 g/mol. The molecule has 4 rings (SSSR count). The number of nitrogens with zero attached hydrogens (tertiary/aromatic N) is 3. The molecule has 0 spiro atoms. The van der Waals surface area contributed by atoms with Gasteiger partial charge in [-0.1, -0.05) is 0 Å². The third kappa shape index (κ3) is 1.80. The van der Waals surface area contributed by atoms with Gasteiger partial charge < -0.3 is 11.1 Å². The molecule has 1 saturated carbocycles. The van der Waals surface area contributed by atoms with Crippen LogP contribution in [0.3, 0.4) is 0 Å². The minimum absolute atomic E-state index is 0.634. The second-order valence-corrected chi connectivity index (χ2v) is 5.57. The van der Waals surface area contributed by atoms with Gasteiger partial charge >= 0.3 is 0 Å². The fourth-order valence-electron chi connectivity index (χ4n) is 2.96. The van der Waals surface area contributed by atoms with Crippen LogP contribution in [-0.4, -0.2) is 27.7 Å². The molecule has 2 aliphatic carbocycles. The molecule has 0 atom stereocenters. The first-order chi connectivity index (χ1) is 9.36. The SMILES string of the molecule is NCCNc1c2c(nc3cc(C4CC4)nn13)CCC2. The van der Waals surface area contributed by atoms with Crippen molar-refractivity contribution < 1.29 is 0 Å². The molecule has 0 saturated heterocycles. The molecule has 2 heterocycles. The Labute approximate surface area is 112 Å². The molecular formula is C14H19N5. The van der Waals surface area contributed by atoms with Crippen LogP contribution in [0.25, 0.3) is 5.65 Å². The van der Waals surface area contributed by atoms with Crippen LogP contribution < -0.4 is 11.1 Å². The summed E-state index contributed by atoms with van der Waals surface area (Å²) in [4.78, 5) is 4.78. The van der Waals surface area contributed by atoms with E-state index in [1.165, 1.54) is 36.2 Å². The van der Waals surface area contributed by atoms with Gasteiger partial charge in [-0.15, -0.1) is 0 Å². The molecule has 3 N–H and O–H groups in total. The molecule has 19 heavy (non-hydrogen) atoms. The quantitative estimate of drug-likeness (QED) is 0.870. The Morgan fingerprint density at radius 1 is 1.37 bits per heavy atom. The molecule has 0 amide bonds. The number of anilines is 1. The zero-order valence-electron chi connectivity index (χ0n) is 11.0. The summed E-state index contributed by atoms with van der Waals surface area (Å²) in [5.41, 5.74) is 10.4. The van der Waals surface area contributed by atoms with Gasteiger partial charge in [0.1, 0.15) is 5.82 Å². The zero-order chi connectivity index (χ0) is 12.8. The fraction of sp³-hybridized carbons (Fsp3) is 0.571. The predicted octanol–water partition coefficient (Wildman–Crippen LogP) is 1.47. The van der Waals surface area contributed by atoms with Crippen molar-refractivity contribution >= 4 is 11.5 Å². The van der Waals surface area contributed by atoms with Crippen molar-refractivity contribution in [2.45, 2.75) is 38.0 Å². The number of nitrogens with one attached hydrogen (secondary N) is 1. The Kier molecular flexibility index (Phi) is 2.48. The molecule has 2 aromatic rings. The second kappa shape index (κ2) is 4.20. The molecule has 1 fully saturated rings. The number of hydrogen-bond acceptors (Lipinski definition) is 4. The van der Waals surface area contributed by atoms with Crippen LogP contribution in [0.15, 0.2) is 6.07 Å². The second-order valence-electron chi connectivity index (χ2n) is 5.57. The first-order valence-electron chi connectivity index (χ1n) is 7.22. The Hall–Kier alpha value is -1.62. The summed E-state index contributed by atoms with van der Waals surface area (Å²) in [5.74, 6) is 1.79. The van der Waals surface area contributed by atoms with Crippen molar-refractivity contribution in [3.05, 3.63) is 23.0 Å². The lowest BCUT2D eigenvalue weighted by atomic mass is 10.2. The van der Waals surface area contributed by atoms with Crippen LogP contribution in [0, 0.1) is 0 Å². The van der Waals surface area contributed by atoms with Crippen molar-refractivity contribution in [1.29, 1.82) is 0 Å². The number of nitrogens with two attached hydrogens (primary N) is 1. The summed E-state index contributed by atoms with van der Waals surface area (Å²) in [7, 11) is 0. The van der Waals surface area contributed by atoms with Crippen molar-refractivity contribution in [2.75, 3.05) is 18.4 Å². The van der Waals surface area contributed by atoms with E-state index in [2.05, 4.69) is 11.4 Å². The molecule has 100 valence electrons. The van der Waals surface area contributed by atoms with Gasteiger partial charge in [-0.3, -0.25) is 0 Å². The summed E-state index contributed by atoms with van der Waals surface area (Å²) in [6.45, 7) is 1.42. The van der Waals surface area contributed by atoms with Crippen LogP contribution in [0.5, 0.6) is 0 Å². The van der Waals surface area contributed by atoms with Crippen LogP contribution >= 0.6 is 0 Å². The van der Waals surface area contributed by atoms with E-state index in [9.17, 15) is 0 Å². The standard InChI is InChI=1S/C14H19N5/c15-6-7-16-14-10-2-1-3-11(10)17-13-8-12(9-4-5-9)18-19(13)14/h8-9,16H,1-7,15H2. The van der Waals surface area contributed by atoms with Gasteiger partial charge in [-0.2, -0.15) is 9.61 Å². The minimum Gasteiger partial charge on any atom is -0.368 e. The van der Waals surface area contributed by atoms with Gasteiger partial charge in [0, 0.05) is 36.3 Å². The highest BCUT2D eigenvalue weighted by molar-refractivity contribution is 5.58. The van der Waals surface area contributed by atoms with Crippen molar-refractivity contribution in [2.24, 2.45) is 5.73 Å². The summed E-state index contributed by atoms with van der Waals surface area (Å²) in [5, 5.41) is 8.20. The molecule has 0 unspecified atom stereocenters. The van der Waals surface area contributed by atoms with E-state index >= 15 is 0 Å². The van der Waals surface area contributed by atoms with Crippen molar-refractivity contribution in [3.8, 4) is 0 Å². The van der Waals surface area contributed by atoms with E-state index in [-0.39, 0.29) is 0 Å². The number of hydrogen-bond donors (Lipinski definition) is 2. The molecule has 2 aromatic heterocycles. The Bertz CT molecular complexity index is 626. The van der Waals surface area contributed by atoms with Gasteiger partial charge in [-0.25, -0.2) is 4.98 Å². The van der Waals surface area contributed by atoms with E-state index in [4.69, 9.17) is 15.8 Å². The highest BCUT2D eigenvalue weighted by atomic mass is 15.3. The van der Waals surface area contributed by atoms with Crippen LogP contribution in [-0.2, 0) is 12.8 Å². The van der Waals surface area contributed by atoms with E-state index in [1.807, 2.05) is 4.52 Å². The molecule has 5 heteroatoms. The summed E-state index contributed by atoms with van der Waals surface area (Å²) >= 11 is 0. The molecule has 5 nitrogen and oxygen atoms in total. The number of aryl methyl sites for hydroxylation is 1. The third-order valence-electron chi connectivity index (χ3n) is 4.08. The van der Waals surface area contributed by atoms with E-state index in [1.54, 1.807) is 0 Å². The van der Waals surface area contributed by atoms with Gasteiger partial charge in [0.15, 0.2) is 5.65 Å². The lowest BCUT2D eigenvalue weighted by Crippen LogP contribution is -2.17. The number of fused-ring (bicyclic) bond motifs is 2. The summed E-state index contributed by atoms with van der Waals surface area (Å²) < 4.78 is 1.99. The Morgan fingerprint density at radius 2 is 2.26 bits per heavy atom. The molecule has 0 bridgehead atoms. The lowest BCUT2D eigenvalue weighted by Gasteiger charge is -2.12. The fourth-order valence-corrected chi connectivity index (χ4v) is 2.96. The average Bonchev–Trinajstić information content (AvgIpc) is 3.01. The normalized spacial score (nSPS) is 17.9. The molecule has 0 aliphatic heterocycles. The van der Waals surface area contributed by atoms with Crippen molar-refractivity contribution in [1.82, 2.24) is 14.6 Å². The topological polar surface area (TPSA) is 68.2 Å². The first-order valence-corrected chi connectivity index (χ1v) is 7.22. The number of rotatable bonds is 4. The third-order valence-corrected chi connectivity index (χ3v) is 4.08. The zero-order valence-corrected chi connectivity index (χ0v) is 11.0. The van der Waals surface area contributed by atoms with Gasteiger partial charge in [-0.05, 0) is 32.1 Å². The smallest absolute Gasteiger partial charge is 0.157 e. The van der Waals surface area contributed by atoms with Crippen LogP contribution in [0.4, 0.5) is 5.82 Å². The minimum atomic E-state index is 0.634. The number of aromatic nitrogens is 3. The Balaban J connectivity index is 1.87. The van der Waals surface area contributed by atoms with Gasteiger partial charge in [0.05, 0.1) is 5.69 Å². The molecular weight excluding hydrogens is 238 g/mol. The van der Waals surface area contributed by atoms with Crippen LogP contribution in [0.1, 0.15) is 42.1 Å².